The van der Waals surface area contributed by atoms with Crippen LogP contribution in [0.2, 0.25) is 0 Å². The van der Waals surface area contributed by atoms with Crippen LogP contribution in [0.15, 0.2) is 24.4 Å². The molecule has 2 fully saturated rings. The van der Waals surface area contributed by atoms with Crippen molar-refractivity contribution in [2.45, 2.75) is 25.7 Å². The Morgan fingerprint density at radius 3 is 2.90 bits per heavy atom. The molecule has 0 bridgehead atoms. The van der Waals surface area contributed by atoms with Gasteiger partial charge in [-0.15, -0.1) is 0 Å². The maximum atomic E-state index is 12.2. The number of hydrogen-bond donors (Lipinski definition) is 1. The average molecular weight is 287 g/mol. The highest BCUT2D eigenvalue weighted by atomic mass is 16.2. The maximum Gasteiger partial charge on any atom is 0.235 e. The molecule has 3 amide bonds. The first-order chi connectivity index (χ1) is 10.1. The molecule has 3 rings (SSSR count). The second-order valence-corrected chi connectivity index (χ2v) is 5.72. The van der Waals surface area contributed by atoms with Gasteiger partial charge in [0.15, 0.2) is 0 Å². The molecular formula is C15H17N3O3. The highest BCUT2D eigenvalue weighted by molar-refractivity contribution is 6.06. The molecule has 3 heterocycles. The Labute approximate surface area is 122 Å². The van der Waals surface area contributed by atoms with Gasteiger partial charge in [-0.25, -0.2) is 0 Å². The number of carbonyl (C=O) groups is 3. The molecule has 0 saturated carbocycles. The molecule has 21 heavy (non-hydrogen) atoms. The summed E-state index contributed by atoms with van der Waals surface area (Å²) in [6, 6.07) is 5.62. The summed E-state index contributed by atoms with van der Waals surface area (Å²) < 4.78 is 0. The minimum atomic E-state index is -0.683. The van der Waals surface area contributed by atoms with Crippen LogP contribution in [0.1, 0.15) is 25.0 Å². The van der Waals surface area contributed by atoms with Gasteiger partial charge in [0.05, 0.1) is 5.41 Å². The van der Waals surface area contributed by atoms with Crippen LogP contribution in [0.25, 0.3) is 0 Å². The van der Waals surface area contributed by atoms with Crippen molar-refractivity contribution in [2.75, 3.05) is 13.1 Å². The van der Waals surface area contributed by atoms with Gasteiger partial charge in [0, 0.05) is 37.8 Å². The summed E-state index contributed by atoms with van der Waals surface area (Å²) in [5.41, 5.74) is 0.200. The van der Waals surface area contributed by atoms with Crippen LogP contribution < -0.4 is 5.32 Å². The number of aromatic nitrogens is 1. The largest absolute Gasteiger partial charge is 0.342 e. The van der Waals surface area contributed by atoms with E-state index in [0.717, 1.165) is 5.69 Å². The van der Waals surface area contributed by atoms with Crippen LogP contribution in [0.3, 0.4) is 0 Å². The number of amides is 3. The molecule has 2 aliphatic rings. The van der Waals surface area contributed by atoms with Gasteiger partial charge in [-0.05, 0) is 25.0 Å². The Bertz CT molecular complexity index is 587. The third kappa shape index (κ3) is 2.66. The standard InChI is InChI=1S/C15H17N3O3/c19-12-9-15(14(21)17-12)6-8-18(10-15)13(20)5-4-11-3-1-2-7-16-11/h1-3,7H,4-6,8-10H2,(H,17,19,21)/t15-/m1/s1. The molecule has 1 spiro atoms. The molecule has 0 aliphatic carbocycles. The van der Waals surface area contributed by atoms with Gasteiger partial charge in [-0.2, -0.15) is 0 Å². The number of pyridine rings is 1. The Balaban J connectivity index is 1.58. The number of imide groups is 1. The van der Waals surface area contributed by atoms with E-state index < -0.39 is 5.41 Å². The van der Waals surface area contributed by atoms with E-state index in [4.69, 9.17) is 0 Å². The van der Waals surface area contributed by atoms with Gasteiger partial charge < -0.3 is 4.90 Å². The number of hydrogen-bond acceptors (Lipinski definition) is 4. The Morgan fingerprint density at radius 1 is 1.38 bits per heavy atom. The molecule has 6 heteroatoms. The van der Waals surface area contributed by atoms with Crippen molar-refractivity contribution < 1.29 is 14.4 Å². The van der Waals surface area contributed by atoms with Crippen molar-refractivity contribution in [3.8, 4) is 0 Å². The SMILES string of the molecule is O=C1C[C@@]2(CCN(C(=O)CCc3ccccn3)C2)C(=O)N1. The van der Waals surface area contributed by atoms with Crippen LogP contribution in [-0.2, 0) is 20.8 Å². The van der Waals surface area contributed by atoms with Crippen LogP contribution in [-0.4, -0.2) is 40.7 Å². The van der Waals surface area contributed by atoms with Crippen molar-refractivity contribution in [3.05, 3.63) is 30.1 Å². The molecule has 1 N–H and O–H groups in total. The number of nitrogens with one attached hydrogen (secondary N) is 1. The fraction of sp³-hybridized carbons (Fsp3) is 0.467. The summed E-state index contributed by atoms with van der Waals surface area (Å²) >= 11 is 0. The predicted octanol–water partition coefficient (Wildman–Crippen LogP) is 0.279. The lowest BCUT2D eigenvalue weighted by atomic mass is 9.85. The smallest absolute Gasteiger partial charge is 0.235 e. The fourth-order valence-electron chi connectivity index (χ4n) is 3.05. The quantitative estimate of drug-likeness (QED) is 0.810. The lowest BCUT2D eigenvalue weighted by Crippen LogP contribution is -2.36. The van der Waals surface area contributed by atoms with E-state index in [0.29, 0.717) is 32.4 Å². The van der Waals surface area contributed by atoms with E-state index in [2.05, 4.69) is 10.3 Å². The molecule has 1 atom stereocenters. The Kier molecular flexibility index (Phi) is 3.45. The lowest BCUT2D eigenvalue weighted by molar-refractivity contribution is -0.131. The van der Waals surface area contributed by atoms with Crippen LogP contribution in [0.5, 0.6) is 0 Å². The minimum Gasteiger partial charge on any atom is -0.342 e. The molecule has 110 valence electrons. The molecule has 6 nitrogen and oxygen atoms in total. The second-order valence-electron chi connectivity index (χ2n) is 5.72. The van der Waals surface area contributed by atoms with Gasteiger partial charge in [0.25, 0.3) is 0 Å². The van der Waals surface area contributed by atoms with E-state index in [9.17, 15) is 14.4 Å². The summed E-state index contributed by atoms with van der Waals surface area (Å²) in [5.74, 6) is -0.444. The number of carbonyl (C=O) groups excluding carboxylic acids is 3. The fourth-order valence-corrected chi connectivity index (χ4v) is 3.05. The first-order valence-electron chi connectivity index (χ1n) is 7.11. The van der Waals surface area contributed by atoms with E-state index >= 15 is 0 Å². The minimum absolute atomic E-state index is 0.0182. The molecule has 1 aromatic heterocycles. The van der Waals surface area contributed by atoms with Crippen molar-refractivity contribution >= 4 is 17.7 Å². The van der Waals surface area contributed by atoms with Crippen molar-refractivity contribution in [2.24, 2.45) is 5.41 Å². The third-order valence-corrected chi connectivity index (χ3v) is 4.26. The number of rotatable bonds is 3. The second kappa shape index (κ2) is 5.27. The molecule has 0 radical (unpaired) electrons. The van der Waals surface area contributed by atoms with Crippen LogP contribution >= 0.6 is 0 Å². The summed E-state index contributed by atoms with van der Waals surface area (Å²) in [4.78, 5) is 41.3. The molecule has 0 aromatic carbocycles. The topological polar surface area (TPSA) is 79.4 Å². The van der Waals surface area contributed by atoms with E-state index in [1.165, 1.54) is 0 Å². The number of likely N-dealkylation sites (tertiary alicyclic amines) is 1. The van der Waals surface area contributed by atoms with Gasteiger partial charge in [-0.3, -0.25) is 24.7 Å². The first kappa shape index (κ1) is 13.7. The zero-order valence-corrected chi connectivity index (χ0v) is 11.7. The predicted molar refractivity (Wildman–Crippen MR) is 74.0 cm³/mol. The Hall–Kier alpha value is -2.24. The third-order valence-electron chi connectivity index (χ3n) is 4.26. The normalized spacial score (nSPS) is 24.7. The van der Waals surface area contributed by atoms with Crippen LogP contribution in [0, 0.1) is 5.41 Å². The first-order valence-corrected chi connectivity index (χ1v) is 7.11. The highest BCUT2D eigenvalue weighted by Crippen LogP contribution is 2.37. The molecule has 0 unspecified atom stereocenters. The van der Waals surface area contributed by atoms with Gasteiger partial charge in [0.2, 0.25) is 17.7 Å². The number of nitrogens with zero attached hydrogens (tertiary/aromatic N) is 2. The monoisotopic (exact) mass is 287 g/mol. The summed E-state index contributed by atoms with van der Waals surface area (Å²) in [6.07, 6.45) is 3.45. The van der Waals surface area contributed by atoms with Gasteiger partial charge >= 0.3 is 0 Å². The average Bonchev–Trinajstić information content (AvgIpc) is 3.02. The van der Waals surface area contributed by atoms with Crippen molar-refractivity contribution in [1.82, 2.24) is 15.2 Å². The molecule has 2 saturated heterocycles. The highest BCUT2D eigenvalue weighted by Gasteiger charge is 2.51. The van der Waals surface area contributed by atoms with Crippen LogP contribution in [0.4, 0.5) is 0 Å². The van der Waals surface area contributed by atoms with Gasteiger partial charge in [-0.1, -0.05) is 6.07 Å². The lowest BCUT2D eigenvalue weighted by Gasteiger charge is -2.20. The maximum absolute atomic E-state index is 12.2. The summed E-state index contributed by atoms with van der Waals surface area (Å²) in [7, 11) is 0. The number of aryl methyl sites for hydroxylation is 1. The molecular weight excluding hydrogens is 270 g/mol. The van der Waals surface area contributed by atoms with E-state index in [-0.39, 0.29) is 24.1 Å². The van der Waals surface area contributed by atoms with E-state index in [1.807, 2.05) is 18.2 Å². The van der Waals surface area contributed by atoms with E-state index in [1.54, 1.807) is 11.1 Å². The summed E-state index contributed by atoms with van der Waals surface area (Å²) in [5, 5.41) is 2.34. The zero-order valence-electron chi connectivity index (χ0n) is 11.7. The molecule has 2 aliphatic heterocycles. The van der Waals surface area contributed by atoms with Crippen molar-refractivity contribution in [1.29, 1.82) is 0 Å². The van der Waals surface area contributed by atoms with Crippen molar-refractivity contribution in [3.63, 3.8) is 0 Å². The molecule has 1 aromatic rings. The van der Waals surface area contributed by atoms with Gasteiger partial charge in [0.1, 0.15) is 0 Å². The zero-order chi connectivity index (χ0) is 14.9. The summed E-state index contributed by atoms with van der Waals surface area (Å²) in [6.45, 7) is 0.896. The Morgan fingerprint density at radius 2 is 2.24 bits per heavy atom.